The first-order valence-corrected chi connectivity index (χ1v) is 6.59. The number of Topliss-reactive ketones (excluding diaryl/α,β-unsaturated/α-hetero) is 1. The normalized spacial score (nSPS) is 28.9. The molecule has 19 heavy (non-hydrogen) atoms. The smallest absolute Gasteiger partial charge is 0.314 e. The molecule has 1 aliphatic carbocycles. The highest BCUT2D eigenvalue weighted by atomic mass is 16.6. The van der Waals surface area contributed by atoms with Gasteiger partial charge in [-0.25, -0.2) is 0 Å². The molecule has 3 rings (SSSR count). The van der Waals surface area contributed by atoms with Gasteiger partial charge < -0.3 is 9.47 Å². The van der Waals surface area contributed by atoms with E-state index in [1.165, 1.54) is 0 Å². The van der Waals surface area contributed by atoms with E-state index >= 15 is 0 Å². The molecule has 0 amide bonds. The van der Waals surface area contributed by atoms with Crippen LogP contribution >= 0.6 is 0 Å². The molecule has 0 bridgehead atoms. The molecular formula is C15H16O4. The van der Waals surface area contributed by atoms with Gasteiger partial charge in [0.2, 0.25) is 5.78 Å². The molecule has 0 aromatic heterocycles. The number of carbonyl (C=O) groups excluding carboxylic acids is 2. The minimum absolute atomic E-state index is 0.0700. The zero-order valence-corrected chi connectivity index (χ0v) is 10.8. The van der Waals surface area contributed by atoms with Gasteiger partial charge in [0, 0.05) is 5.56 Å². The lowest BCUT2D eigenvalue weighted by Gasteiger charge is -2.48. The quantitative estimate of drug-likeness (QED) is 0.618. The molecular weight excluding hydrogens is 244 g/mol. The molecule has 2 fully saturated rings. The van der Waals surface area contributed by atoms with E-state index in [-0.39, 0.29) is 17.7 Å². The average Bonchev–Trinajstić information content (AvgIpc) is 2.45. The number of fused-ring (bicyclic) bond motifs is 1. The predicted octanol–water partition coefficient (Wildman–Crippen LogP) is 2.36. The van der Waals surface area contributed by atoms with Crippen LogP contribution in [0.4, 0.5) is 0 Å². The summed E-state index contributed by atoms with van der Waals surface area (Å²) in [7, 11) is 1.58. The minimum Gasteiger partial charge on any atom is -0.497 e. The standard InChI is InChI=1S/C15H16O4/c1-18-11-7-5-10(6-8-11)13(16)15-9-3-2-4-12(15)14(17)19-15/h5-8,12H,2-4,9H2,1H3. The number of methoxy groups -OCH3 is 1. The monoisotopic (exact) mass is 260 g/mol. The number of esters is 1. The van der Waals surface area contributed by atoms with Crippen LogP contribution in [0, 0.1) is 5.92 Å². The molecule has 100 valence electrons. The van der Waals surface area contributed by atoms with E-state index in [1.807, 2.05) is 0 Å². The van der Waals surface area contributed by atoms with Crippen molar-refractivity contribution in [2.75, 3.05) is 7.11 Å². The molecule has 0 radical (unpaired) electrons. The first-order chi connectivity index (χ1) is 9.17. The predicted molar refractivity (Wildman–Crippen MR) is 68.1 cm³/mol. The van der Waals surface area contributed by atoms with E-state index in [1.54, 1.807) is 31.4 Å². The van der Waals surface area contributed by atoms with E-state index in [4.69, 9.17) is 9.47 Å². The highest BCUT2D eigenvalue weighted by Gasteiger charge is 2.62. The van der Waals surface area contributed by atoms with Crippen molar-refractivity contribution in [1.29, 1.82) is 0 Å². The number of benzene rings is 1. The molecule has 0 spiro atoms. The average molecular weight is 260 g/mol. The topological polar surface area (TPSA) is 52.6 Å². The Morgan fingerprint density at radius 2 is 2.05 bits per heavy atom. The van der Waals surface area contributed by atoms with Gasteiger partial charge in [-0.3, -0.25) is 9.59 Å². The summed E-state index contributed by atoms with van der Waals surface area (Å²) in [5.41, 5.74) is -0.301. The Morgan fingerprint density at radius 3 is 2.68 bits per heavy atom. The second-order valence-corrected chi connectivity index (χ2v) is 5.17. The van der Waals surface area contributed by atoms with Crippen molar-refractivity contribution >= 4 is 11.8 Å². The Hall–Kier alpha value is -1.84. The van der Waals surface area contributed by atoms with Gasteiger partial charge in [-0.05, 0) is 43.5 Å². The first kappa shape index (κ1) is 12.2. The molecule has 4 nitrogen and oxygen atoms in total. The van der Waals surface area contributed by atoms with Crippen LogP contribution in [0.1, 0.15) is 36.0 Å². The van der Waals surface area contributed by atoms with Gasteiger partial charge in [0.1, 0.15) is 11.7 Å². The van der Waals surface area contributed by atoms with Crippen molar-refractivity contribution in [3.8, 4) is 5.75 Å². The zero-order valence-electron chi connectivity index (χ0n) is 10.8. The van der Waals surface area contributed by atoms with Gasteiger partial charge >= 0.3 is 5.97 Å². The fourth-order valence-corrected chi connectivity index (χ4v) is 3.07. The molecule has 1 aromatic carbocycles. The maximum Gasteiger partial charge on any atom is 0.314 e. The summed E-state index contributed by atoms with van der Waals surface area (Å²) >= 11 is 0. The van der Waals surface area contributed by atoms with Crippen molar-refractivity contribution in [2.24, 2.45) is 5.92 Å². The van der Waals surface area contributed by atoms with Crippen LogP contribution in [0.15, 0.2) is 24.3 Å². The molecule has 0 N–H and O–H groups in total. The summed E-state index contributed by atoms with van der Waals surface area (Å²) in [5, 5.41) is 0. The minimum atomic E-state index is -0.885. The van der Waals surface area contributed by atoms with E-state index in [0.29, 0.717) is 17.7 Å². The maximum atomic E-state index is 12.6. The van der Waals surface area contributed by atoms with Crippen LogP contribution in [0.5, 0.6) is 5.75 Å². The summed E-state index contributed by atoms with van der Waals surface area (Å²) in [5.74, 6) is 0.178. The van der Waals surface area contributed by atoms with Gasteiger partial charge in [-0.1, -0.05) is 6.42 Å². The molecule has 4 heteroatoms. The van der Waals surface area contributed by atoms with Crippen LogP contribution in [0.25, 0.3) is 0 Å². The molecule has 1 aliphatic heterocycles. The molecule has 2 aliphatic rings. The van der Waals surface area contributed by atoms with Gasteiger partial charge in [-0.2, -0.15) is 0 Å². The molecule has 1 heterocycles. The second-order valence-electron chi connectivity index (χ2n) is 5.17. The Bertz CT molecular complexity index is 519. The molecule has 2 unspecified atom stereocenters. The van der Waals surface area contributed by atoms with Crippen LogP contribution in [0.3, 0.4) is 0 Å². The van der Waals surface area contributed by atoms with Crippen molar-refractivity contribution in [3.63, 3.8) is 0 Å². The number of hydrogen-bond donors (Lipinski definition) is 0. The number of ether oxygens (including phenoxy) is 2. The second kappa shape index (κ2) is 4.37. The fourth-order valence-electron chi connectivity index (χ4n) is 3.07. The van der Waals surface area contributed by atoms with E-state index in [9.17, 15) is 9.59 Å². The third-order valence-corrected chi connectivity index (χ3v) is 4.16. The first-order valence-electron chi connectivity index (χ1n) is 6.59. The fraction of sp³-hybridized carbons (Fsp3) is 0.467. The van der Waals surface area contributed by atoms with Gasteiger partial charge in [-0.15, -0.1) is 0 Å². The van der Waals surface area contributed by atoms with E-state index in [2.05, 4.69) is 0 Å². The van der Waals surface area contributed by atoms with Crippen molar-refractivity contribution in [3.05, 3.63) is 29.8 Å². The Kier molecular flexibility index (Phi) is 2.81. The van der Waals surface area contributed by atoms with Crippen LogP contribution in [-0.2, 0) is 9.53 Å². The largest absolute Gasteiger partial charge is 0.497 e. The van der Waals surface area contributed by atoms with Crippen LogP contribution in [0.2, 0.25) is 0 Å². The van der Waals surface area contributed by atoms with Crippen LogP contribution < -0.4 is 4.74 Å². The highest BCUT2D eigenvalue weighted by Crippen LogP contribution is 2.47. The summed E-state index contributed by atoms with van der Waals surface area (Å²) in [6.45, 7) is 0. The number of hydrogen-bond acceptors (Lipinski definition) is 4. The number of carbonyl (C=O) groups is 2. The van der Waals surface area contributed by atoms with E-state index in [0.717, 1.165) is 19.3 Å². The van der Waals surface area contributed by atoms with Gasteiger partial charge in [0.25, 0.3) is 0 Å². The maximum absolute atomic E-state index is 12.6. The lowest BCUT2D eigenvalue weighted by Crippen LogP contribution is -2.63. The van der Waals surface area contributed by atoms with Crippen molar-refractivity contribution in [2.45, 2.75) is 31.3 Å². The number of rotatable bonds is 3. The highest BCUT2D eigenvalue weighted by molar-refractivity contribution is 6.09. The lowest BCUT2D eigenvalue weighted by atomic mass is 9.67. The van der Waals surface area contributed by atoms with E-state index < -0.39 is 5.60 Å². The Morgan fingerprint density at radius 1 is 1.32 bits per heavy atom. The number of ketones is 1. The van der Waals surface area contributed by atoms with Crippen molar-refractivity contribution < 1.29 is 19.1 Å². The molecule has 2 atom stereocenters. The van der Waals surface area contributed by atoms with Gasteiger partial charge in [0.15, 0.2) is 5.60 Å². The SMILES string of the molecule is COc1ccc(C(=O)C23CCCCC2C(=O)O3)cc1. The third-order valence-electron chi connectivity index (χ3n) is 4.16. The molecule has 1 saturated carbocycles. The summed E-state index contributed by atoms with van der Waals surface area (Å²) in [6, 6.07) is 6.96. The lowest BCUT2D eigenvalue weighted by molar-refractivity contribution is -0.207. The van der Waals surface area contributed by atoms with Gasteiger partial charge in [0.05, 0.1) is 7.11 Å². The zero-order chi connectivity index (χ0) is 13.5. The van der Waals surface area contributed by atoms with Crippen molar-refractivity contribution in [1.82, 2.24) is 0 Å². The molecule has 1 aromatic rings. The third kappa shape index (κ3) is 1.74. The summed E-state index contributed by atoms with van der Waals surface area (Å²) in [6.07, 6.45) is 3.35. The van der Waals surface area contributed by atoms with Crippen LogP contribution in [-0.4, -0.2) is 24.5 Å². The Balaban J connectivity index is 1.88. The molecule has 1 saturated heterocycles. The summed E-state index contributed by atoms with van der Waals surface area (Å²) in [4.78, 5) is 24.1. The summed E-state index contributed by atoms with van der Waals surface area (Å²) < 4.78 is 10.4. The Labute approximate surface area is 111 Å².